The molecule has 30 heavy (non-hydrogen) atoms. The number of carbonyl (C=O) groups excluding carboxylic acids is 3. The van der Waals surface area contributed by atoms with Crippen molar-refractivity contribution in [3.63, 3.8) is 0 Å². The van der Waals surface area contributed by atoms with Crippen LogP contribution in [0.1, 0.15) is 25.8 Å². The van der Waals surface area contributed by atoms with E-state index in [1.54, 1.807) is 37.3 Å². The molecule has 1 aromatic rings. The van der Waals surface area contributed by atoms with Gasteiger partial charge in [-0.25, -0.2) is 4.79 Å². The molecule has 4 unspecified atom stereocenters. The Labute approximate surface area is 175 Å². The predicted octanol–water partition coefficient (Wildman–Crippen LogP) is -1.23. The molecule has 0 saturated heterocycles. The van der Waals surface area contributed by atoms with Crippen molar-refractivity contribution in [1.82, 2.24) is 16.0 Å². The number of aliphatic hydroxyl groups excluding tert-OH is 1. The van der Waals surface area contributed by atoms with Crippen LogP contribution in [0.15, 0.2) is 30.3 Å². The lowest BCUT2D eigenvalue weighted by Gasteiger charge is -2.27. The number of carboxylic acid groups (broad SMARTS) is 1. The Kier molecular flexibility index (Phi) is 10.5. The van der Waals surface area contributed by atoms with Gasteiger partial charge in [-0.05, 0) is 11.5 Å². The Hall–Kier alpha value is -2.98. The number of carbonyl (C=O) groups is 4. The molecule has 1 aromatic carbocycles. The number of aliphatic carboxylic acids is 1. The molecular weight excluding hydrogens is 392 g/mol. The molecule has 0 fully saturated rings. The minimum atomic E-state index is -1.50. The molecule has 0 bridgehead atoms. The molecule has 0 heterocycles. The van der Waals surface area contributed by atoms with E-state index in [1.165, 1.54) is 0 Å². The van der Waals surface area contributed by atoms with Crippen molar-refractivity contribution in [2.75, 3.05) is 13.2 Å². The molecule has 0 spiro atoms. The van der Waals surface area contributed by atoms with Gasteiger partial charge in [-0.2, -0.15) is 0 Å². The van der Waals surface area contributed by atoms with Gasteiger partial charge in [0.25, 0.3) is 0 Å². The zero-order valence-corrected chi connectivity index (χ0v) is 17.1. The molecule has 0 aliphatic rings. The van der Waals surface area contributed by atoms with Crippen LogP contribution in [-0.2, 0) is 25.6 Å². The van der Waals surface area contributed by atoms with Gasteiger partial charge < -0.3 is 31.9 Å². The van der Waals surface area contributed by atoms with Gasteiger partial charge in [0.05, 0.1) is 13.2 Å². The van der Waals surface area contributed by atoms with E-state index in [0.717, 1.165) is 5.56 Å². The summed E-state index contributed by atoms with van der Waals surface area (Å²) in [6.07, 6.45) is 0.679. The first-order valence-electron chi connectivity index (χ1n) is 9.71. The van der Waals surface area contributed by atoms with Crippen LogP contribution in [0.3, 0.4) is 0 Å². The zero-order chi connectivity index (χ0) is 22.7. The Bertz CT molecular complexity index is 727. The third kappa shape index (κ3) is 7.80. The number of aliphatic hydroxyl groups is 1. The standard InChI is InChI=1S/C20H30N4O6/c1-3-12(2)17(24-16(26)10-21)19(28)22-14(9-13-7-5-4-6-8-13)18(27)23-15(11-25)20(29)30/h4-8,12,14-15,17,25H,3,9-11,21H2,1-2H3,(H,22,28)(H,23,27)(H,24,26)(H,29,30). The average Bonchev–Trinajstić information content (AvgIpc) is 2.74. The van der Waals surface area contributed by atoms with Crippen molar-refractivity contribution in [3.05, 3.63) is 35.9 Å². The molecule has 0 radical (unpaired) electrons. The van der Waals surface area contributed by atoms with Crippen molar-refractivity contribution in [1.29, 1.82) is 0 Å². The molecule has 4 atom stereocenters. The highest BCUT2D eigenvalue weighted by atomic mass is 16.4. The average molecular weight is 422 g/mol. The van der Waals surface area contributed by atoms with Crippen LogP contribution in [0.25, 0.3) is 0 Å². The van der Waals surface area contributed by atoms with Crippen LogP contribution >= 0.6 is 0 Å². The monoisotopic (exact) mass is 422 g/mol. The molecule has 7 N–H and O–H groups in total. The van der Waals surface area contributed by atoms with E-state index in [2.05, 4.69) is 16.0 Å². The zero-order valence-electron chi connectivity index (χ0n) is 17.1. The molecule has 0 saturated carbocycles. The maximum atomic E-state index is 12.9. The van der Waals surface area contributed by atoms with E-state index in [-0.39, 0.29) is 18.9 Å². The van der Waals surface area contributed by atoms with Crippen molar-refractivity contribution < 1.29 is 29.4 Å². The van der Waals surface area contributed by atoms with E-state index in [0.29, 0.717) is 6.42 Å². The lowest BCUT2D eigenvalue weighted by atomic mass is 9.97. The van der Waals surface area contributed by atoms with E-state index in [4.69, 9.17) is 10.8 Å². The highest BCUT2D eigenvalue weighted by Crippen LogP contribution is 2.10. The minimum Gasteiger partial charge on any atom is -0.480 e. The Morgan fingerprint density at radius 2 is 1.60 bits per heavy atom. The van der Waals surface area contributed by atoms with Gasteiger partial charge in [0.2, 0.25) is 17.7 Å². The van der Waals surface area contributed by atoms with E-state index >= 15 is 0 Å². The number of hydrogen-bond donors (Lipinski definition) is 6. The van der Waals surface area contributed by atoms with Crippen LogP contribution in [0.2, 0.25) is 0 Å². The second kappa shape index (κ2) is 12.6. The molecular formula is C20H30N4O6. The predicted molar refractivity (Wildman–Crippen MR) is 109 cm³/mol. The Morgan fingerprint density at radius 3 is 2.10 bits per heavy atom. The van der Waals surface area contributed by atoms with Crippen LogP contribution in [0.4, 0.5) is 0 Å². The van der Waals surface area contributed by atoms with Crippen molar-refractivity contribution in [2.45, 2.75) is 44.8 Å². The first-order chi connectivity index (χ1) is 14.2. The maximum Gasteiger partial charge on any atom is 0.328 e. The third-order valence-corrected chi connectivity index (χ3v) is 4.71. The molecule has 3 amide bonds. The molecule has 10 nitrogen and oxygen atoms in total. The number of nitrogens with two attached hydrogens (primary N) is 1. The number of amides is 3. The van der Waals surface area contributed by atoms with Gasteiger partial charge in [-0.3, -0.25) is 14.4 Å². The van der Waals surface area contributed by atoms with Gasteiger partial charge >= 0.3 is 5.97 Å². The van der Waals surface area contributed by atoms with E-state index in [9.17, 15) is 24.3 Å². The largest absolute Gasteiger partial charge is 0.480 e. The molecule has 0 aliphatic carbocycles. The SMILES string of the molecule is CCC(C)C(NC(=O)CN)C(=O)NC(Cc1ccccc1)C(=O)NC(CO)C(=O)O. The summed E-state index contributed by atoms with van der Waals surface area (Å²) in [5.74, 6) is -3.49. The van der Waals surface area contributed by atoms with Gasteiger partial charge in [0, 0.05) is 6.42 Å². The first kappa shape index (κ1) is 25.1. The summed E-state index contributed by atoms with van der Waals surface area (Å²) in [6.45, 7) is 2.55. The topological polar surface area (TPSA) is 171 Å². The number of hydrogen-bond acceptors (Lipinski definition) is 6. The van der Waals surface area contributed by atoms with Crippen molar-refractivity contribution in [2.24, 2.45) is 11.7 Å². The van der Waals surface area contributed by atoms with E-state index < -0.39 is 48.4 Å². The minimum absolute atomic E-state index is 0.0915. The van der Waals surface area contributed by atoms with Gasteiger partial charge in [0.1, 0.15) is 18.1 Å². The van der Waals surface area contributed by atoms with Crippen LogP contribution < -0.4 is 21.7 Å². The summed E-state index contributed by atoms with van der Waals surface area (Å²) in [6, 6.07) is 5.32. The van der Waals surface area contributed by atoms with Crippen LogP contribution in [0.5, 0.6) is 0 Å². The normalized spacial score (nSPS) is 14.7. The second-order valence-electron chi connectivity index (χ2n) is 6.97. The van der Waals surface area contributed by atoms with Gasteiger partial charge in [0.15, 0.2) is 0 Å². The fourth-order valence-corrected chi connectivity index (χ4v) is 2.71. The summed E-state index contributed by atoms with van der Waals surface area (Å²) in [5, 5.41) is 25.6. The number of carboxylic acids is 1. The number of benzene rings is 1. The third-order valence-electron chi connectivity index (χ3n) is 4.71. The van der Waals surface area contributed by atoms with Crippen LogP contribution in [-0.4, -0.2) is 65.2 Å². The summed E-state index contributed by atoms with van der Waals surface area (Å²) >= 11 is 0. The quantitative estimate of drug-likeness (QED) is 0.245. The second-order valence-corrected chi connectivity index (χ2v) is 6.97. The summed E-state index contributed by atoms with van der Waals surface area (Å²) < 4.78 is 0. The Balaban J connectivity index is 3.06. The van der Waals surface area contributed by atoms with Gasteiger partial charge in [-0.15, -0.1) is 0 Å². The fraction of sp³-hybridized carbons (Fsp3) is 0.500. The number of rotatable bonds is 12. The van der Waals surface area contributed by atoms with Gasteiger partial charge in [-0.1, -0.05) is 50.6 Å². The fourth-order valence-electron chi connectivity index (χ4n) is 2.71. The van der Waals surface area contributed by atoms with E-state index in [1.807, 2.05) is 6.92 Å². The highest BCUT2D eigenvalue weighted by Gasteiger charge is 2.31. The molecule has 0 aromatic heterocycles. The molecule has 1 rings (SSSR count). The lowest BCUT2D eigenvalue weighted by Crippen LogP contribution is -2.58. The smallest absolute Gasteiger partial charge is 0.328 e. The molecule has 166 valence electrons. The summed E-state index contributed by atoms with van der Waals surface area (Å²) in [7, 11) is 0. The summed E-state index contributed by atoms with van der Waals surface area (Å²) in [4.78, 5) is 48.4. The van der Waals surface area contributed by atoms with Crippen molar-refractivity contribution in [3.8, 4) is 0 Å². The maximum absolute atomic E-state index is 12.9. The lowest BCUT2D eigenvalue weighted by molar-refractivity contribution is -0.143. The molecule has 10 heteroatoms. The first-order valence-corrected chi connectivity index (χ1v) is 9.71. The molecule has 0 aliphatic heterocycles. The number of nitrogens with one attached hydrogen (secondary N) is 3. The van der Waals surface area contributed by atoms with Crippen molar-refractivity contribution >= 4 is 23.7 Å². The van der Waals surface area contributed by atoms with Crippen LogP contribution in [0, 0.1) is 5.92 Å². The Morgan fingerprint density at radius 1 is 1.00 bits per heavy atom. The highest BCUT2D eigenvalue weighted by molar-refractivity contribution is 5.93. The summed E-state index contributed by atoms with van der Waals surface area (Å²) in [5.41, 5.74) is 6.06.